The number of methoxy groups -OCH3 is 1. The van der Waals surface area contributed by atoms with Gasteiger partial charge in [0.15, 0.2) is 11.5 Å². The van der Waals surface area contributed by atoms with Crippen molar-refractivity contribution in [2.24, 2.45) is 5.92 Å². The van der Waals surface area contributed by atoms with Crippen molar-refractivity contribution < 1.29 is 22.7 Å². The van der Waals surface area contributed by atoms with Crippen LogP contribution in [0.1, 0.15) is 47.4 Å². The Kier molecular flexibility index (Phi) is 7.34. The van der Waals surface area contributed by atoms with Gasteiger partial charge >= 0.3 is 6.18 Å². The zero-order valence-electron chi connectivity index (χ0n) is 19.5. The number of alkyl halides is 3. The molecule has 11 heteroatoms. The lowest BCUT2D eigenvalue weighted by Gasteiger charge is -2.37. The fourth-order valence-corrected chi connectivity index (χ4v) is 4.25. The monoisotopic (exact) mass is 488 g/mol. The molecule has 1 amide bonds. The summed E-state index contributed by atoms with van der Waals surface area (Å²) in [4.78, 5) is 15.3. The molecule has 1 N–H and O–H groups in total. The largest absolute Gasteiger partial charge is 0.480 e. The third kappa shape index (κ3) is 5.61. The maximum atomic E-state index is 14.0. The van der Waals surface area contributed by atoms with Gasteiger partial charge in [-0.25, -0.2) is 4.68 Å². The average molecular weight is 489 g/mol. The van der Waals surface area contributed by atoms with E-state index in [0.717, 1.165) is 37.7 Å². The molecule has 0 spiro atoms. The summed E-state index contributed by atoms with van der Waals surface area (Å²) >= 11 is 0. The van der Waals surface area contributed by atoms with Gasteiger partial charge in [-0.3, -0.25) is 9.69 Å². The van der Waals surface area contributed by atoms with Gasteiger partial charge in [0.05, 0.1) is 24.9 Å². The Morgan fingerprint density at radius 3 is 2.46 bits per heavy atom. The fourth-order valence-electron chi connectivity index (χ4n) is 4.25. The number of carbonyl (C=O) groups is 1. The van der Waals surface area contributed by atoms with E-state index in [2.05, 4.69) is 32.4 Å². The van der Waals surface area contributed by atoms with Gasteiger partial charge in [-0.05, 0) is 43.5 Å². The molecule has 1 aromatic carbocycles. The lowest BCUT2D eigenvalue weighted by Crippen LogP contribution is -2.42. The quantitative estimate of drug-likeness (QED) is 0.543. The second kappa shape index (κ2) is 10.4. The van der Waals surface area contributed by atoms with E-state index in [1.54, 1.807) is 0 Å². The first-order valence-corrected chi connectivity index (χ1v) is 11.4. The Hall–Kier alpha value is -3.47. The summed E-state index contributed by atoms with van der Waals surface area (Å²) in [6.45, 7) is 4.10. The summed E-state index contributed by atoms with van der Waals surface area (Å²) < 4.78 is 47.5. The number of hydrogen-bond donors (Lipinski definition) is 1. The molecule has 3 aromatic rings. The molecule has 35 heavy (non-hydrogen) atoms. The summed E-state index contributed by atoms with van der Waals surface area (Å²) in [5, 5.41) is 13.9. The molecule has 1 fully saturated rings. The molecule has 2 aromatic heterocycles. The molecule has 0 saturated carbocycles. The number of amides is 1. The Morgan fingerprint density at radius 1 is 1.14 bits per heavy atom. The van der Waals surface area contributed by atoms with E-state index in [1.165, 1.54) is 19.2 Å². The second-order valence-electron chi connectivity index (χ2n) is 8.61. The number of piperidine rings is 1. The van der Waals surface area contributed by atoms with E-state index in [-0.39, 0.29) is 24.3 Å². The van der Waals surface area contributed by atoms with Gasteiger partial charge in [-0.1, -0.05) is 37.3 Å². The summed E-state index contributed by atoms with van der Waals surface area (Å²) in [5.41, 5.74) is -0.783. The molecule has 1 atom stereocenters. The van der Waals surface area contributed by atoms with E-state index >= 15 is 0 Å². The third-order valence-electron chi connectivity index (χ3n) is 6.23. The molecule has 3 heterocycles. The molecule has 186 valence electrons. The zero-order chi connectivity index (χ0) is 25.0. The minimum Gasteiger partial charge on any atom is -0.480 e. The van der Waals surface area contributed by atoms with E-state index < -0.39 is 23.3 Å². The minimum absolute atomic E-state index is 0.145. The SMILES string of the molecule is COc1ccc(-n2ncc(C(=O)NCC(c3ccccc3)N3CCC(C)CC3)c2C(F)(F)F)nn1. The van der Waals surface area contributed by atoms with Crippen molar-refractivity contribution in [2.75, 3.05) is 26.7 Å². The molecule has 1 unspecified atom stereocenters. The van der Waals surface area contributed by atoms with Crippen molar-refractivity contribution in [3.05, 3.63) is 65.5 Å². The van der Waals surface area contributed by atoms with Gasteiger partial charge in [-0.2, -0.15) is 18.3 Å². The third-order valence-corrected chi connectivity index (χ3v) is 6.23. The lowest BCUT2D eigenvalue weighted by molar-refractivity contribution is -0.143. The van der Waals surface area contributed by atoms with Crippen molar-refractivity contribution >= 4 is 5.91 Å². The van der Waals surface area contributed by atoms with Crippen molar-refractivity contribution in [3.63, 3.8) is 0 Å². The van der Waals surface area contributed by atoms with Crippen LogP contribution in [0.25, 0.3) is 5.82 Å². The Morgan fingerprint density at radius 2 is 1.86 bits per heavy atom. The average Bonchev–Trinajstić information content (AvgIpc) is 3.32. The minimum atomic E-state index is -4.84. The smallest absolute Gasteiger partial charge is 0.434 e. The van der Waals surface area contributed by atoms with Gasteiger partial charge in [0.1, 0.15) is 0 Å². The number of benzene rings is 1. The number of hydrogen-bond acceptors (Lipinski definition) is 6. The zero-order valence-corrected chi connectivity index (χ0v) is 19.5. The number of likely N-dealkylation sites (tertiary alicyclic amines) is 1. The maximum Gasteiger partial charge on any atom is 0.434 e. The standard InChI is InChI=1S/C24H27F3N6O2/c1-16-10-12-32(13-11-16)19(17-6-4-3-5-7-17)15-28-23(34)18-14-29-33(22(18)24(25,26)27)20-8-9-21(35-2)31-30-20/h3-9,14,16,19H,10-13,15H2,1-2H3,(H,28,34). The molecule has 1 aliphatic rings. The van der Waals surface area contributed by atoms with Crippen LogP contribution in [-0.2, 0) is 6.18 Å². The first-order chi connectivity index (χ1) is 16.8. The van der Waals surface area contributed by atoms with Crippen molar-refractivity contribution in [1.82, 2.24) is 30.2 Å². The van der Waals surface area contributed by atoms with Crippen molar-refractivity contribution in [3.8, 4) is 11.7 Å². The first-order valence-electron chi connectivity index (χ1n) is 11.4. The highest BCUT2D eigenvalue weighted by molar-refractivity contribution is 5.95. The first kappa shape index (κ1) is 24.6. The maximum absolute atomic E-state index is 14.0. The van der Waals surface area contributed by atoms with Gasteiger partial charge in [0.2, 0.25) is 5.88 Å². The number of carbonyl (C=O) groups excluding carboxylic acids is 1. The van der Waals surface area contributed by atoms with Crippen LogP contribution in [0.5, 0.6) is 5.88 Å². The summed E-state index contributed by atoms with van der Waals surface area (Å²) in [5.74, 6) is -0.261. The van der Waals surface area contributed by atoms with E-state index in [0.29, 0.717) is 10.6 Å². The van der Waals surface area contributed by atoms with Crippen LogP contribution in [0, 0.1) is 5.92 Å². The van der Waals surface area contributed by atoms with Gasteiger partial charge in [0, 0.05) is 12.6 Å². The summed E-state index contributed by atoms with van der Waals surface area (Å²) in [7, 11) is 1.37. The van der Waals surface area contributed by atoms with E-state index in [1.807, 2.05) is 30.3 Å². The number of nitrogens with one attached hydrogen (secondary N) is 1. The number of aromatic nitrogens is 4. The second-order valence-corrected chi connectivity index (χ2v) is 8.61. The Labute approximate surface area is 201 Å². The van der Waals surface area contributed by atoms with Crippen LogP contribution in [0.2, 0.25) is 0 Å². The van der Waals surface area contributed by atoms with Crippen LogP contribution >= 0.6 is 0 Å². The molecular formula is C24H27F3N6O2. The molecule has 4 rings (SSSR count). The number of nitrogens with zero attached hydrogens (tertiary/aromatic N) is 5. The predicted molar refractivity (Wildman–Crippen MR) is 122 cm³/mol. The molecule has 0 bridgehead atoms. The van der Waals surface area contributed by atoms with Crippen LogP contribution < -0.4 is 10.1 Å². The fraction of sp³-hybridized carbons (Fsp3) is 0.417. The molecule has 8 nitrogen and oxygen atoms in total. The molecule has 0 aliphatic carbocycles. The number of rotatable bonds is 7. The van der Waals surface area contributed by atoms with Crippen molar-refractivity contribution in [1.29, 1.82) is 0 Å². The summed E-state index contributed by atoms with van der Waals surface area (Å²) in [6, 6.07) is 12.2. The predicted octanol–water partition coefficient (Wildman–Crippen LogP) is 3.89. The normalized spacial score (nSPS) is 16.1. The topological polar surface area (TPSA) is 85.2 Å². The lowest BCUT2D eigenvalue weighted by atomic mass is 9.95. The number of halogens is 3. The van der Waals surface area contributed by atoms with Crippen LogP contribution in [-0.4, -0.2) is 57.5 Å². The Balaban J connectivity index is 1.58. The van der Waals surface area contributed by atoms with E-state index in [4.69, 9.17) is 4.74 Å². The van der Waals surface area contributed by atoms with Crippen molar-refractivity contribution in [2.45, 2.75) is 32.0 Å². The summed E-state index contributed by atoms with van der Waals surface area (Å²) in [6.07, 6.45) is -1.87. The Bertz CT molecular complexity index is 1130. The molecular weight excluding hydrogens is 461 g/mol. The van der Waals surface area contributed by atoms with E-state index in [9.17, 15) is 18.0 Å². The molecule has 1 aliphatic heterocycles. The highest BCUT2D eigenvalue weighted by Gasteiger charge is 2.41. The van der Waals surface area contributed by atoms with Gasteiger partial charge in [-0.15, -0.1) is 10.2 Å². The van der Waals surface area contributed by atoms with Gasteiger partial charge in [0.25, 0.3) is 5.91 Å². The number of ether oxygens (including phenoxy) is 1. The molecule has 1 saturated heterocycles. The highest BCUT2D eigenvalue weighted by Crippen LogP contribution is 2.33. The highest BCUT2D eigenvalue weighted by atomic mass is 19.4. The van der Waals surface area contributed by atoms with Gasteiger partial charge < -0.3 is 10.1 Å². The van der Waals surface area contributed by atoms with Crippen LogP contribution in [0.15, 0.2) is 48.7 Å². The van der Waals surface area contributed by atoms with Crippen LogP contribution in [0.3, 0.4) is 0 Å². The van der Waals surface area contributed by atoms with Crippen LogP contribution in [0.4, 0.5) is 13.2 Å². The molecule has 0 radical (unpaired) electrons.